The van der Waals surface area contributed by atoms with Crippen molar-refractivity contribution in [3.8, 4) is 23.0 Å². The third-order valence-electron chi connectivity index (χ3n) is 4.47. The van der Waals surface area contributed by atoms with Gasteiger partial charge in [-0.1, -0.05) is 36.4 Å². The van der Waals surface area contributed by atoms with Crippen LogP contribution >= 0.6 is 0 Å². The molecule has 0 amide bonds. The number of para-hydroxylation sites is 4. The molecule has 6 nitrogen and oxygen atoms in total. The van der Waals surface area contributed by atoms with Crippen LogP contribution in [0, 0.1) is 0 Å². The number of phenols is 2. The predicted octanol–water partition coefficient (Wildman–Crippen LogP) is 4.34. The first-order valence-corrected chi connectivity index (χ1v) is 8.90. The van der Waals surface area contributed by atoms with Gasteiger partial charge in [-0.05, 0) is 24.3 Å². The van der Waals surface area contributed by atoms with Crippen molar-refractivity contribution in [2.75, 3.05) is 24.9 Å². The van der Waals surface area contributed by atoms with Gasteiger partial charge >= 0.3 is 0 Å². The second-order valence-electron chi connectivity index (χ2n) is 6.19. The highest BCUT2D eigenvalue weighted by Crippen LogP contribution is 2.32. The smallest absolute Gasteiger partial charge is 0.162 e. The minimum atomic E-state index is 0.129. The number of phenolic OH excluding ortho intramolecular Hbond substituents is 2. The summed E-state index contributed by atoms with van der Waals surface area (Å²) >= 11 is 0. The fourth-order valence-electron chi connectivity index (χ4n) is 2.92. The molecule has 3 aromatic rings. The van der Waals surface area contributed by atoms with Crippen molar-refractivity contribution in [1.29, 1.82) is 0 Å². The maximum Gasteiger partial charge on any atom is 0.162 e. The summed E-state index contributed by atoms with van der Waals surface area (Å²) in [5.41, 5.74) is 3.23. The molecule has 0 aliphatic rings. The van der Waals surface area contributed by atoms with E-state index in [1.54, 1.807) is 12.1 Å². The third kappa shape index (κ3) is 4.23. The Morgan fingerprint density at radius 2 is 1.07 bits per heavy atom. The SMILES string of the molecule is COc1cccc(CNc2ccccc2NCc2cccc(OC)c2O)c1O. The van der Waals surface area contributed by atoms with E-state index in [4.69, 9.17) is 9.47 Å². The molecule has 3 rings (SSSR count). The van der Waals surface area contributed by atoms with Gasteiger partial charge in [0.05, 0.1) is 25.6 Å². The van der Waals surface area contributed by atoms with Gasteiger partial charge in [0.25, 0.3) is 0 Å². The van der Waals surface area contributed by atoms with Crippen molar-refractivity contribution >= 4 is 11.4 Å². The van der Waals surface area contributed by atoms with E-state index in [9.17, 15) is 10.2 Å². The number of ether oxygens (including phenoxy) is 2. The van der Waals surface area contributed by atoms with Gasteiger partial charge in [-0.2, -0.15) is 0 Å². The lowest BCUT2D eigenvalue weighted by molar-refractivity contribution is 0.371. The number of nitrogens with one attached hydrogen (secondary N) is 2. The molecule has 0 saturated heterocycles. The van der Waals surface area contributed by atoms with E-state index in [1.165, 1.54) is 14.2 Å². The van der Waals surface area contributed by atoms with Crippen LogP contribution in [0.5, 0.6) is 23.0 Å². The van der Waals surface area contributed by atoms with Crippen LogP contribution in [0.2, 0.25) is 0 Å². The first kappa shape index (κ1) is 19.2. The minimum Gasteiger partial charge on any atom is -0.504 e. The maximum atomic E-state index is 10.2. The fourth-order valence-corrected chi connectivity index (χ4v) is 2.92. The Labute approximate surface area is 164 Å². The Morgan fingerprint density at radius 3 is 1.46 bits per heavy atom. The first-order valence-electron chi connectivity index (χ1n) is 8.90. The van der Waals surface area contributed by atoms with Crippen molar-refractivity contribution in [3.05, 3.63) is 71.8 Å². The summed E-state index contributed by atoms with van der Waals surface area (Å²) in [7, 11) is 3.05. The molecule has 3 aromatic carbocycles. The number of aromatic hydroxyl groups is 2. The number of anilines is 2. The largest absolute Gasteiger partial charge is 0.504 e. The predicted molar refractivity (Wildman–Crippen MR) is 110 cm³/mol. The van der Waals surface area contributed by atoms with Crippen LogP contribution in [0.25, 0.3) is 0 Å². The van der Waals surface area contributed by atoms with E-state index < -0.39 is 0 Å². The molecule has 0 unspecified atom stereocenters. The fraction of sp³-hybridized carbons (Fsp3) is 0.182. The van der Waals surface area contributed by atoms with E-state index in [0.29, 0.717) is 24.6 Å². The standard InChI is InChI=1S/C22H24N2O4/c1-27-19-11-5-7-15(21(19)25)13-23-17-9-3-4-10-18(17)24-14-16-8-6-12-20(28-2)22(16)26/h3-12,23-26H,13-14H2,1-2H3. The molecule has 0 saturated carbocycles. The van der Waals surface area contributed by atoms with Gasteiger partial charge in [0.15, 0.2) is 23.0 Å². The molecule has 146 valence electrons. The molecule has 6 heteroatoms. The summed E-state index contributed by atoms with van der Waals surface area (Å²) in [6.45, 7) is 0.873. The molecule has 0 aromatic heterocycles. The highest BCUT2D eigenvalue weighted by atomic mass is 16.5. The van der Waals surface area contributed by atoms with Gasteiger partial charge in [0.2, 0.25) is 0 Å². The third-order valence-corrected chi connectivity index (χ3v) is 4.47. The van der Waals surface area contributed by atoms with Crippen LogP contribution in [-0.2, 0) is 13.1 Å². The van der Waals surface area contributed by atoms with Crippen molar-refractivity contribution in [1.82, 2.24) is 0 Å². The molecule has 4 N–H and O–H groups in total. The van der Waals surface area contributed by atoms with Gasteiger partial charge in [0, 0.05) is 24.2 Å². The van der Waals surface area contributed by atoms with Crippen molar-refractivity contribution in [3.63, 3.8) is 0 Å². The number of rotatable bonds is 8. The second-order valence-corrected chi connectivity index (χ2v) is 6.19. The lowest BCUT2D eigenvalue weighted by Crippen LogP contribution is -2.06. The van der Waals surface area contributed by atoms with Crippen LogP contribution in [0.3, 0.4) is 0 Å². The summed E-state index contributed by atoms with van der Waals surface area (Å²) in [4.78, 5) is 0. The minimum absolute atomic E-state index is 0.129. The Hall–Kier alpha value is -3.54. The monoisotopic (exact) mass is 380 g/mol. The summed E-state index contributed by atoms with van der Waals surface area (Å²) in [6.07, 6.45) is 0. The maximum absolute atomic E-state index is 10.2. The van der Waals surface area contributed by atoms with Crippen molar-refractivity contribution in [2.24, 2.45) is 0 Å². The summed E-state index contributed by atoms with van der Waals surface area (Å²) in [5, 5.41) is 27.2. The van der Waals surface area contributed by atoms with E-state index in [1.807, 2.05) is 48.5 Å². The number of hydrogen-bond acceptors (Lipinski definition) is 6. The Bertz CT molecular complexity index is 867. The van der Waals surface area contributed by atoms with E-state index >= 15 is 0 Å². The molecular formula is C22H24N2O4. The van der Waals surface area contributed by atoms with E-state index in [0.717, 1.165) is 22.5 Å². The molecule has 0 heterocycles. The highest BCUT2D eigenvalue weighted by molar-refractivity contribution is 5.69. The molecule has 0 radical (unpaired) electrons. The van der Waals surface area contributed by atoms with Crippen LogP contribution < -0.4 is 20.1 Å². The molecule has 0 aliphatic heterocycles. The Morgan fingerprint density at radius 1 is 0.643 bits per heavy atom. The van der Waals surface area contributed by atoms with Gasteiger partial charge in [-0.15, -0.1) is 0 Å². The zero-order chi connectivity index (χ0) is 19.9. The molecule has 0 fully saturated rings. The summed E-state index contributed by atoms with van der Waals surface area (Å²) in [6, 6.07) is 18.6. The molecular weight excluding hydrogens is 356 g/mol. The lowest BCUT2D eigenvalue weighted by Gasteiger charge is -2.16. The van der Waals surface area contributed by atoms with Crippen LogP contribution in [0.1, 0.15) is 11.1 Å². The summed E-state index contributed by atoms with van der Waals surface area (Å²) in [5.74, 6) is 1.15. The highest BCUT2D eigenvalue weighted by Gasteiger charge is 2.10. The Balaban J connectivity index is 1.72. The van der Waals surface area contributed by atoms with Crippen LogP contribution in [0.4, 0.5) is 11.4 Å². The topological polar surface area (TPSA) is 83.0 Å². The quantitative estimate of drug-likeness (QED) is 0.465. The normalized spacial score (nSPS) is 10.4. The van der Waals surface area contributed by atoms with Crippen molar-refractivity contribution in [2.45, 2.75) is 13.1 Å². The molecule has 0 aliphatic carbocycles. The molecule has 0 atom stereocenters. The Kier molecular flexibility index (Phi) is 6.11. The molecule has 28 heavy (non-hydrogen) atoms. The first-order chi connectivity index (χ1) is 13.6. The molecule has 0 bridgehead atoms. The zero-order valence-corrected chi connectivity index (χ0v) is 15.9. The van der Waals surface area contributed by atoms with Crippen LogP contribution in [0.15, 0.2) is 60.7 Å². The van der Waals surface area contributed by atoms with E-state index in [-0.39, 0.29) is 11.5 Å². The number of hydrogen-bond donors (Lipinski definition) is 4. The zero-order valence-electron chi connectivity index (χ0n) is 15.9. The average Bonchev–Trinajstić information content (AvgIpc) is 2.73. The van der Waals surface area contributed by atoms with E-state index in [2.05, 4.69) is 10.6 Å². The van der Waals surface area contributed by atoms with Gasteiger partial charge in [0.1, 0.15) is 0 Å². The molecule has 0 spiro atoms. The van der Waals surface area contributed by atoms with Gasteiger partial charge < -0.3 is 30.3 Å². The van der Waals surface area contributed by atoms with Crippen molar-refractivity contribution < 1.29 is 19.7 Å². The summed E-state index contributed by atoms with van der Waals surface area (Å²) < 4.78 is 10.3. The van der Waals surface area contributed by atoms with Gasteiger partial charge in [-0.25, -0.2) is 0 Å². The number of methoxy groups -OCH3 is 2. The average molecular weight is 380 g/mol. The number of benzene rings is 3. The lowest BCUT2D eigenvalue weighted by atomic mass is 10.1. The van der Waals surface area contributed by atoms with Gasteiger partial charge in [-0.3, -0.25) is 0 Å². The second kappa shape index (κ2) is 8.90. The van der Waals surface area contributed by atoms with Crippen LogP contribution in [-0.4, -0.2) is 24.4 Å².